The van der Waals surface area contributed by atoms with E-state index in [9.17, 15) is 0 Å². The average Bonchev–Trinajstić information content (AvgIpc) is 2.90. The molecule has 4 heteroatoms. The molecule has 2 rings (SSSR count). The third-order valence-electron chi connectivity index (χ3n) is 3.15. The summed E-state index contributed by atoms with van der Waals surface area (Å²) in [7, 11) is 0. The molecule has 0 fully saturated rings. The average molecular weight is 290 g/mol. The SMILES string of the molecule is CCCOc1ccc(CC(CN)c2nc(C)cs2)cc1. The fourth-order valence-electron chi connectivity index (χ4n) is 2.06. The quantitative estimate of drug-likeness (QED) is 0.848. The standard InChI is InChI=1S/C16H22N2OS/c1-3-8-19-15-6-4-13(5-7-15)9-14(10-17)16-18-12(2)11-20-16/h4-7,11,14H,3,8-10,17H2,1-2H3. The van der Waals surface area contributed by atoms with E-state index < -0.39 is 0 Å². The Morgan fingerprint density at radius 3 is 2.60 bits per heavy atom. The zero-order valence-electron chi connectivity index (χ0n) is 12.1. The Labute approximate surface area is 124 Å². The van der Waals surface area contributed by atoms with Gasteiger partial charge in [-0.05, 0) is 37.5 Å². The molecular formula is C16H22N2OS. The minimum absolute atomic E-state index is 0.302. The highest BCUT2D eigenvalue weighted by atomic mass is 32.1. The van der Waals surface area contributed by atoms with Crippen molar-refractivity contribution in [3.8, 4) is 5.75 Å². The molecular weight excluding hydrogens is 268 g/mol. The van der Waals surface area contributed by atoms with Crippen LogP contribution in [0, 0.1) is 6.92 Å². The number of rotatable bonds is 7. The van der Waals surface area contributed by atoms with E-state index in [0.29, 0.717) is 12.5 Å². The van der Waals surface area contributed by atoms with Gasteiger partial charge in [-0.2, -0.15) is 0 Å². The summed E-state index contributed by atoms with van der Waals surface area (Å²) >= 11 is 1.70. The Balaban J connectivity index is 2.00. The monoisotopic (exact) mass is 290 g/mol. The predicted octanol–water partition coefficient (Wildman–Crippen LogP) is 3.53. The topological polar surface area (TPSA) is 48.1 Å². The van der Waals surface area contributed by atoms with Crippen LogP contribution in [0.1, 0.15) is 35.5 Å². The smallest absolute Gasteiger partial charge is 0.119 e. The molecule has 1 aromatic carbocycles. The summed E-state index contributed by atoms with van der Waals surface area (Å²) in [5.41, 5.74) is 8.25. The van der Waals surface area contributed by atoms with Gasteiger partial charge in [-0.15, -0.1) is 11.3 Å². The van der Waals surface area contributed by atoms with Gasteiger partial charge in [-0.1, -0.05) is 19.1 Å². The van der Waals surface area contributed by atoms with Crippen molar-refractivity contribution in [2.45, 2.75) is 32.6 Å². The summed E-state index contributed by atoms with van der Waals surface area (Å²) in [6.45, 7) is 5.52. The molecule has 0 aliphatic rings. The Morgan fingerprint density at radius 2 is 2.05 bits per heavy atom. The molecule has 1 heterocycles. The van der Waals surface area contributed by atoms with Crippen molar-refractivity contribution in [2.75, 3.05) is 13.2 Å². The summed E-state index contributed by atoms with van der Waals surface area (Å²) < 4.78 is 5.59. The first-order valence-electron chi connectivity index (χ1n) is 7.06. The molecule has 0 aliphatic heterocycles. The van der Waals surface area contributed by atoms with Crippen molar-refractivity contribution in [1.82, 2.24) is 4.98 Å². The van der Waals surface area contributed by atoms with Crippen LogP contribution >= 0.6 is 11.3 Å². The Kier molecular flexibility index (Phi) is 5.56. The van der Waals surface area contributed by atoms with Gasteiger partial charge in [0.25, 0.3) is 0 Å². The molecule has 0 amide bonds. The number of nitrogens with two attached hydrogens (primary N) is 1. The predicted molar refractivity (Wildman–Crippen MR) is 84.6 cm³/mol. The van der Waals surface area contributed by atoms with Crippen LogP contribution in [0.5, 0.6) is 5.75 Å². The summed E-state index contributed by atoms with van der Waals surface area (Å²) in [6, 6.07) is 8.31. The van der Waals surface area contributed by atoms with Crippen LogP contribution in [-0.4, -0.2) is 18.1 Å². The summed E-state index contributed by atoms with van der Waals surface area (Å²) in [5.74, 6) is 1.24. The zero-order valence-corrected chi connectivity index (χ0v) is 13.0. The molecule has 0 aliphatic carbocycles. The van der Waals surface area contributed by atoms with Crippen LogP contribution in [0.2, 0.25) is 0 Å². The second-order valence-corrected chi connectivity index (χ2v) is 5.85. The van der Waals surface area contributed by atoms with Gasteiger partial charge in [0, 0.05) is 23.5 Å². The van der Waals surface area contributed by atoms with Crippen molar-refractivity contribution < 1.29 is 4.74 Å². The number of ether oxygens (including phenoxy) is 1. The Morgan fingerprint density at radius 1 is 1.30 bits per heavy atom. The number of aryl methyl sites for hydroxylation is 1. The van der Waals surface area contributed by atoms with Gasteiger partial charge in [0.15, 0.2) is 0 Å². The Hall–Kier alpha value is -1.39. The summed E-state index contributed by atoms with van der Waals surface area (Å²) in [4.78, 5) is 4.55. The van der Waals surface area contributed by atoms with Crippen molar-refractivity contribution in [3.05, 3.63) is 45.9 Å². The van der Waals surface area contributed by atoms with Crippen LogP contribution in [0.15, 0.2) is 29.6 Å². The molecule has 108 valence electrons. The molecule has 20 heavy (non-hydrogen) atoms. The number of thiazole rings is 1. The van der Waals surface area contributed by atoms with Crippen LogP contribution in [0.4, 0.5) is 0 Å². The highest BCUT2D eigenvalue weighted by Gasteiger charge is 2.14. The minimum Gasteiger partial charge on any atom is -0.494 e. The van der Waals surface area contributed by atoms with Crippen LogP contribution in [0.3, 0.4) is 0 Å². The summed E-state index contributed by atoms with van der Waals surface area (Å²) in [5, 5.41) is 3.22. The van der Waals surface area contributed by atoms with E-state index in [1.54, 1.807) is 11.3 Å². The van der Waals surface area contributed by atoms with Gasteiger partial charge < -0.3 is 10.5 Å². The van der Waals surface area contributed by atoms with Crippen molar-refractivity contribution in [3.63, 3.8) is 0 Å². The van der Waals surface area contributed by atoms with Gasteiger partial charge >= 0.3 is 0 Å². The number of benzene rings is 1. The first-order valence-corrected chi connectivity index (χ1v) is 7.94. The normalized spacial score (nSPS) is 12.3. The lowest BCUT2D eigenvalue weighted by atomic mass is 10.00. The first kappa shape index (κ1) is 15.0. The second kappa shape index (κ2) is 7.41. The fourth-order valence-corrected chi connectivity index (χ4v) is 2.97. The second-order valence-electron chi connectivity index (χ2n) is 4.96. The molecule has 2 N–H and O–H groups in total. The minimum atomic E-state index is 0.302. The van der Waals surface area contributed by atoms with Crippen molar-refractivity contribution in [2.24, 2.45) is 5.73 Å². The Bertz CT molecular complexity index is 522. The van der Waals surface area contributed by atoms with E-state index in [4.69, 9.17) is 10.5 Å². The van der Waals surface area contributed by atoms with E-state index in [1.807, 2.05) is 19.1 Å². The maximum atomic E-state index is 5.90. The van der Waals surface area contributed by atoms with Crippen LogP contribution in [-0.2, 0) is 6.42 Å². The molecule has 1 aromatic heterocycles. The molecule has 1 unspecified atom stereocenters. The number of nitrogens with zero attached hydrogens (tertiary/aromatic N) is 1. The highest BCUT2D eigenvalue weighted by molar-refractivity contribution is 7.09. The third kappa shape index (κ3) is 4.05. The molecule has 0 saturated carbocycles. The molecule has 0 radical (unpaired) electrons. The molecule has 0 spiro atoms. The molecule has 0 bridgehead atoms. The van der Waals surface area contributed by atoms with Gasteiger partial charge in [0.05, 0.1) is 11.6 Å². The lowest BCUT2D eigenvalue weighted by Crippen LogP contribution is -2.15. The maximum Gasteiger partial charge on any atom is 0.119 e. The lowest BCUT2D eigenvalue weighted by molar-refractivity contribution is 0.317. The van der Waals surface area contributed by atoms with Crippen LogP contribution < -0.4 is 10.5 Å². The van der Waals surface area contributed by atoms with E-state index in [-0.39, 0.29) is 0 Å². The molecule has 0 saturated heterocycles. The molecule has 1 atom stereocenters. The van der Waals surface area contributed by atoms with Crippen molar-refractivity contribution in [1.29, 1.82) is 0 Å². The highest BCUT2D eigenvalue weighted by Crippen LogP contribution is 2.24. The number of hydrogen-bond acceptors (Lipinski definition) is 4. The third-order valence-corrected chi connectivity index (χ3v) is 4.27. The largest absolute Gasteiger partial charge is 0.494 e. The number of aromatic nitrogens is 1. The van der Waals surface area contributed by atoms with E-state index in [0.717, 1.165) is 35.9 Å². The van der Waals surface area contributed by atoms with Crippen molar-refractivity contribution >= 4 is 11.3 Å². The first-order chi connectivity index (χ1) is 9.72. The van der Waals surface area contributed by atoms with Crippen LogP contribution in [0.25, 0.3) is 0 Å². The molecule has 3 nitrogen and oxygen atoms in total. The lowest BCUT2D eigenvalue weighted by Gasteiger charge is -2.12. The van der Waals surface area contributed by atoms with Gasteiger partial charge in [0.2, 0.25) is 0 Å². The fraction of sp³-hybridized carbons (Fsp3) is 0.438. The summed E-state index contributed by atoms with van der Waals surface area (Å²) in [6.07, 6.45) is 1.96. The van der Waals surface area contributed by atoms with Gasteiger partial charge in [-0.25, -0.2) is 4.98 Å². The number of hydrogen-bond donors (Lipinski definition) is 1. The molecule has 2 aromatic rings. The van der Waals surface area contributed by atoms with E-state index in [2.05, 4.69) is 29.4 Å². The van der Waals surface area contributed by atoms with E-state index >= 15 is 0 Å². The maximum absolute atomic E-state index is 5.90. The van der Waals surface area contributed by atoms with Gasteiger partial charge in [-0.3, -0.25) is 0 Å². The van der Waals surface area contributed by atoms with Gasteiger partial charge in [0.1, 0.15) is 5.75 Å². The van der Waals surface area contributed by atoms with E-state index in [1.165, 1.54) is 5.56 Å². The zero-order chi connectivity index (χ0) is 14.4.